The number of hydrogen-bond donors (Lipinski definition) is 3. The van der Waals surface area contributed by atoms with Gasteiger partial charge in [0.2, 0.25) is 0 Å². The number of aromatic nitrogens is 4. The van der Waals surface area contributed by atoms with Crippen LogP contribution in [0.4, 0.5) is 15.8 Å². The number of rotatable bonds is 9. The summed E-state index contributed by atoms with van der Waals surface area (Å²) in [7, 11) is 1.91. The lowest BCUT2D eigenvalue weighted by Crippen LogP contribution is -2.02. The Morgan fingerprint density at radius 2 is 1.71 bits per heavy atom. The van der Waals surface area contributed by atoms with Crippen LogP contribution in [0.3, 0.4) is 0 Å². The van der Waals surface area contributed by atoms with Crippen molar-refractivity contribution in [2.24, 2.45) is 0 Å². The highest BCUT2D eigenvalue weighted by atomic mass is 19.1. The van der Waals surface area contributed by atoms with Crippen LogP contribution in [-0.4, -0.2) is 27.0 Å². The molecule has 0 radical (unpaired) electrons. The van der Waals surface area contributed by atoms with Gasteiger partial charge in [-0.05, 0) is 52.6 Å². The molecule has 0 aliphatic heterocycles. The molecule has 6 rings (SSSR count). The fourth-order valence-electron chi connectivity index (χ4n) is 5.04. The second-order valence-corrected chi connectivity index (χ2v) is 9.93. The molecule has 0 saturated heterocycles. The molecule has 0 aliphatic carbocycles. The Hall–Kier alpha value is -5.30. The molecule has 0 atom stereocenters. The molecule has 6 aromatic rings. The third-order valence-electron chi connectivity index (χ3n) is 6.96. The molecule has 0 amide bonds. The fraction of sp³-hybridized carbons (Fsp3) is 0.0882. The van der Waals surface area contributed by atoms with E-state index in [1.807, 2.05) is 37.5 Å². The first-order valence-corrected chi connectivity index (χ1v) is 13.4. The van der Waals surface area contributed by atoms with Crippen molar-refractivity contribution in [1.29, 1.82) is 0 Å². The molecule has 0 unspecified atom stereocenters. The highest BCUT2D eigenvalue weighted by molar-refractivity contribution is 5.91. The van der Waals surface area contributed by atoms with Crippen LogP contribution in [-0.2, 0) is 12.8 Å². The summed E-state index contributed by atoms with van der Waals surface area (Å²) >= 11 is 0. The molecular formula is C34H29FN6. The molecule has 0 fully saturated rings. The zero-order valence-electron chi connectivity index (χ0n) is 22.7. The van der Waals surface area contributed by atoms with Crippen molar-refractivity contribution in [2.75, 3.05) is 17.7 Å². The number of allylic oxidation sites excluding steroid dienone is 1. The average molecular weight is 541 g/mol. The largest absolute Gasteiger partial charge is 0.388 e. The minimum absolute atomic E-state index is 0.292. The Bertz CT molecular complexity index is 1840. The van der Waals surface area contributed by atoms with Gasteiger partial charge in [-0.3, -0.25) is 9.97 Å². The van der Waals surface area contributed by atoms with E-state index in [9.17, 15) is 4.39 Å². The third kappa shape index (κ3) is 5.84. The van der Waals surface area contributed by atoms with Crippen LogP contribution in [0.5, 0.6) is 0 Å². The third-order valence-corrected chi connectivity index (χ3v) is 6.96. The van der Waals surface area contributed by atoms with Crippen molar-refractivity contribution in [3.05, 3.63) is 139 Å². The number of anilines is 2. The van der Waals surface area contributed by atoms with Gasteiger partial charge in [-0.15, -0.1) is 0 Å². The molecular weight excluding hydrogens is 511 g/mol. The number of H-pyrrole nitrogens is 1. The molecule has 3 N–H and O–H groups in total. The van der Waals surface area contributed by atoms with E-state index in [4.69, 9.17) is 4.98 Å². The number of pyridine rings is 2. The summed E-state index contributed by atoms with van der Waals surface area (Å²) in [6, 6.07) is 25.1. The standard InChI is InChI=1S/C34H29FN6/c1-22(13-23-7-4-3-5-8-23)39-29-16-27(18-37-19-29)24-11-12-31(36-2)26(14-24)17-33-40-32-21-38-20-30(34(32)41-33)25-9-6-10-28(35)15-25/h3-12,14-16,18-21,36,39H,1,13,17H2,2H3,(H,40,41). The predicted octanol–water partition coefficient (Wildman–Crippen LogP) is 7.63. The van der Waals surface area contributed by atoms with Gasteiger partial charge in [0, 0.05) is 54.8 Å². The molecule has 0 spiro atoms. The highest BCUT2D eigenvalue weighted by Crippen LogP contribution is 2.30. The van der Waals surface area contributed by atoms with E-state index in [0.29, 0.717) is 6.42 Å². The van der Waals surface area contributed by atoms with Crippen LogP contribution >= 0.6 is 0 Å². The van der Waals surface area contributed by atoms with E-state index in [1.54, 1.807) is 24.7 Å². The lowest BCUT2D eigenvalue weighted by molar-refractivity contribution is 0.628. The van der Waals surface area contributed by atoms with Gasteiger partial charge in [-0.2, -0.15) is 0 Å². The number of nitrogens with one attached hydrogen (secondary N) is 3. The van der Waals surface area contributed by atoms with E-state index in [-0.39, 0.29) is 5.82 Å². The van der Waals surface area contributed by atoms with Crippen molar-refractivity contribution in [3.8, 4) is 22.3 Å². The molecule has 0 bridgehead atoms. The molecule has 6 nitrogen and oxygen atoms in total. The monoisotopic (exact) mass is 540 g/mol. The van der Waals surface area contributed by atoms with Crippen LogP contribution in [0.25, 0.3) is 33.3 Å². The van der Waals surface area contributed by atoms with E-state index >= 15 is 0 Å². The van der Waals surface area contributed by atoms with Gasteiger partial charge in [0.25, 0.3) is 0 Å². The van der Waals surface area contributed by atoms with Gasteiger partial charge in [-0.1, -0.05) is 55.1 Å². The number of fused-ring (bicyclic) bond motifs is 1. The Kier molecular flexibility index (Phi) is 7.24. The van der Waals surface area contributed by atoms with E-state index < -0.39 is 0 Å². The SMILES string of the molecule is C=C(Cc1ccccc1)Nc1cncc(-c2ccc(NC)c(Cc3nc4c(-c5cccc(F)c5)cncc4[nH]3)c2)c1. The van der Waals surface area contributed by atoms with Gasteiger partial charge in [-0.25, -0.2) is 9.37 Å². The molecule has 0 saturated carbocycles. The zero-order chi connectivity index (χ0) is 28.2. The molecule has 3 aromatic heterocycles. The summed E-state index contributed by atoms with van der Waals surface area (Å²) in [4.78, 5) is 17.1. The summed E-state index contributed by atoms with van der Waals surface area (Å²) in [6.45, 7) is 4.20. The molecule has 41 heavy (non-hydrogen) atoms. The number of aromatic amines is 1. The van der Waals surface area contributed by atoms with Crippen LogP contribution in [0, 0.1) is 5.82 Å². The van der Waals surface area contributed by atoms with Gasteiger partial charge < -0.3 is 15.6 Å². The second kappa shape index (κ2) is 11.4. The van der Waals surface area contributed by atoms with Crippen LogP contribution in [0.15, 0.2) is 116 Å². The first-order chi connectivity index (χ1) is 20.1. The van der Waals surface area contributed by atoms with Crippen LogP contribution < -0.4 is 10.6 Å². The molecule has 202 valence electrons. The number of hydrogen-bond acceptors (Lipinski definition) is 5. The quantitative estimate of drug-likeness (QED) is 0.176. The highest BCUT2D eigenvalue weighted by Gasteiger charge is 2.13. The average Bonchev–Trinajstić information content (AvgIpc) is 3.40. The van der Waals surface area contributed by atoms with Crippen molar-refractivity contribution < 1.29 is 4.39 Å². The zero-order valence-corrected chi connectivity index (χ0v) is 22.7. The minimum atomic E-state index is -0.292. The van der Waals surface area contributed by atoms with E-state index in [1.165, 1.54) is 17.7 Å². The first-order valence-electron chi connectivity index (χ1n) is 13.4. The van der Waals surface area contributed by atoms with E-state index in [2.05, 4.69) is 68.6 Å². The Labute approximate surface area is 238 Å². The first kappa shape index (κ1) is 26.0. The normalized spacial score (nSPS) is 11.0. The fourth-order valence-corrected chi connectivity index (χ4v) is 5.04. The maximum atomic E-state index is 13.9. The summed E-state index contributed by atoms with van der Waals surface area (Å²) in [6.07, 6.45) is 8.45. The summed E-state index contributed by atoms with van der Waals surface area (Å²) in [5.74, 6) is 0.505. The number of nitrogens with zero attached hydrogens (tertiary/aromatic N) is 3. The van der Waals surface area contributed by atoms with Gasteiger partial charge in [0.15, 0.2) is 0 Å². The molecule has 3 aromatic carbocycles. The van der Waals surface area contributed by atoms with Gasteiger partial charge in [0.1, 0.15) is 11.6 Å². The smallest absolute Gasteiger partial charge is 0.123 e. The summed E-state index contributed by atoms with van der Waals surface area (Å²) < 4.78 is 13.9. The summed E-state index contributed by atoms with van der Waals surface area (Å²) in [5, 5.41) is 6.70. The number of benzene rings is 3. The summed E-state index contributed by atoms with van der Waals surface area (Å²) in [5.41, 5.74) is 10.2. The Morgan fingerprint density at radius 3 is 2.54 bits per heavy atom. The predicted molar refractivity (Wildman–Crippen MR) is 164 cm³/mol. The second-order valence-electron chi connectivity index (χ2n) is 9.93. The molecule has 0 aliphatic rings. The van der Waals surface area contributed by atoms with Crippen molar-refractivity contribution in [1.82, 2.24) is 19.9 Å². The van der Waals surface area contributed by atoms with Crippen molar-refractivity contribution >= 4 is 22.4 Å². The molecule has 3 heterocycles. The topological polar surface area (TPSA) is 78.5 Å². The van der Waals surface area contributed by atoms with Crippen molar-refractivity contribution in [2.45, 2.75) is 12.8 Å². The van der Waals surface area contributed by atoms with Gasteiger partial charge in [0.05, 0.1) is 29.1 Å². The van der Waals surface area contributed by atoms with E-state index in [0.717, 1.165) is 68.2 Å². The van der Waals surface area contributed by atoms with Crippen molar-refractivity contribution in [3.63, 3.8) is 0 Å². The van der Waals surface area contributed by atoms with Crippen LogP contribution in [0.2, 0.25) is 0 Å². The maximum absolute atomic E-state index is 13.9. The lowest BCUT2D eigenvalue weighted by Gasteiger charge is -2.13. The number of halogens is 1. The molecule has 7 heteroatoms. The Morgan fingerprint density at radius 1 is 0.854 bits per heavy atom. The maximum Gasteiger partial charge on any atom is 0.123 e. The number of imidazole rings is 1. The van der Waals surface area contributed by atoms with Gasteiger partial charge >= 0.3 is 0 Å². The lowest BCUT2D eigenvalue weighted by atomic mass is 10.0. The minimum Gasteiger partial charge on any atom is -0.388 e. The Balaban J connectivity index is 1.26. The van der Waals surface area contributed by atoms with Crippen LogP contribution in [0.1, 0.15) is 17.0 Å².